The van der Waals surface area contributed by atoms with Crippen LogP contribution in [-0.4, -0.2) is 47.4 Å². The Hall–Kier alpha value is -2.20. The van der Waals surface area contributed by atoms with E-state index in [0.29, 0.717) is 12.3 Å². The largest absolute Gasteiger partial charge is 0.345 e. The van der Waals surface area contributed by atoms with Crippen LogP contribution >= 0.6 is 0 Å². The SMILES string of the molecule is CN(CC1CCN(Cc2ccccc2)C1)C(=O)CCc1cccnc1. The van der Waals surface area contributed by atoms with Gasteiger partial charge in [-0.25, -0.2) is 0 Å². The Bertz CT molecular complexity index is 659. The van der Waals surface area contributed by atoms with E-state index < -0.39 is 0 Å². The maximum absolute atomic E-state index is 12.4. The van der Waals surface area contributed by atoms with Gasteiger partial charge in [0.2, 0.25) is 5.91 Å². The molecule has 132 valence electrons. The number of nitrogens with zero attached hydrogens (tertiary/aromatic N) is 3. The molecule has 4 heteroatoms. The quantitative estimate of drug-likeness (QED) is 0.779. The Morgan fingerprint density at radius 2 is 2.00 bits per heavy atom. The summed E-state index contributed by atoms with van der Waals surface area (Å²) in [7, 11) is 1.94. The zero-order valence-electron chi connectivity index (χ0n) is 15.0. The lowest BCUT2D eigenvalue weighted by molar-refractivity contribution is -0.130. The second kappa shape index (κ2) is 8.77. The van der Waals surface area contributed by atoms with Crippen LogP contribution in [0.15, 0.2) is 54.9 Å². The molecule has 2 heterocycles. The van der Waals surface area contributed by atoms with Gasteiger partial charge in [0, 0.05) is 45.5 Å². The molecule has 25 heavy (non-hydrogen) atoms. The van der Waals surface area contributed by atoms with Crippen LogP contribution in [0.5, 0.6) is 0 Å². The fraction of sp³-hybridized carbons (Fsp3) is 0.429. The van der Waals surface area contributed by atoms with E-state index in [-0.39, 0.29) is 5.91 Å². The first-order valence-electron chi connectivity index (χ1n) is 9.10. The van der Waals surface area contributed by atoms with Crippen LogP contribution in [0.4, 0.5) is 0 Å². The topological polar surface area (TPSA) is 36.4 Å². The minimum atomic E-state index is 0.227. The monoisotopic (exact) mass is 337 g/mol. The number of carbonyl (C=O) groups excluding carboxylic acids is 1. The van der Waals surface area contributed by atoms with Crippen molar-refractivity contribution in [3.8, 4) is 0 Å². The average molecular weight is 337 g/mol. The van der Waals surface area contributed by atoms with Crippen LogP contribution in [-0.2, 0) is 17.8 Å². The third-order valence-electron chi connectivity index (χ3n) is 4.93. The second-order valence-electron chi connectivity index (χ2n) is 7.01. The van der Waals surface area contributed by atoms with E-state index in [2.05, 4.69) is 40.2 Å². The first kappa shape index (κ1) is 17.6. The summed E-state index contributed by atoms with van der Waals surface area (Å²) in [6.45, 7) is 4.07. The molecular weight excluding hydrogens is 310 g/mol. The number of hydrogen-bond acceptors (Lipinski definition) is 3. The van der Waals surface area contributed by atoms with Gasteiger partial charge in [-0.1, -0.05) is 36.4 Å². The number of carbonyl (C=O) groups is 1. The van der Waals surface area contributed by atoms with E-state index >= 15 is 0 Å². The summed E-state index contributed by atoms with van der Waals surface area (Å²) < 4.78 is 0. The number of aromatic nitrogens is 1. The molecule has 1 saturated heterocycles. The minimum Gasteiger partial charge on any atom is -0.345 e. The van der Waals surface area contributed by atoms with Crippen LogP contribution in [0.3, 0.4) is 0 Å². The van der Waals surface area contributed by atoms with Gasteiger partial charge in [0.1, 0.15) is 0 Å². The highest BCUT2D eigenvalue weighted by Crippen LogP contribution is 2.19. The second-order valence-corrected chi connectivity index (χ2v) is 7.01. The summed E-state index contributed by atoms with van der Waals surface area (Å²) in [6.07, 6.45) is 6.10. The predicted octanol–water partition coefficient (Wildman–Crippen LogP) is 2.99. The van der Waals surface area contributed by atoms with E-state index in [9.17, 15) is 4.79 Å². The van der Waals surface area contributed by atoms with Crippen molar-refractivity contribution in [2.45, 2.75) is 25.8 Å². The number of aryl methyl sites for hydroxylation is 1. The molecule has 0 aliphatic carbocycles. The molecule has 0 spiro atoms. The van der Waals surface area contributed by atoms with Gasteiger partial charge in [0.05, 0.1) is 0 Å². The van der Waals surface area contributed by atoms with Crippen LogP contribution in [0.1, 0.15) is 24.0 Å². The normalized spacial score (nSPS) is 17.6. The van der Waals surface area contributed by atoms with E-state index in [1.807, 2.05) is 30.3 Å². The van der Waals surface area contributed by atoms with Crippen LogP contribution in [0.2, 0.25) is 0 Å². The maximum atomic E-state index is 12.4. The van der Waals surface area contributed by atoms with Crippen LogP contribution in [0.25, 0.3) is 0 Å². The lowest BCUT2D eigenvalue weighted by Crippen LogP contribution is -2.33. The molecule has 4 nitrogen and oxygen atoms in total. The van der Waals surface area contributed by atoms with Crippen molar-refractivity contribution in [1.29, 1.82) is 0 Å². The number of rotatable bonds is 7. The first-order chi connectivity index (χ1) is 12.2. The van der Waals surface area contributed by atoms with Crippen molar-refractivity contribution in [3.63, 3.8) is 0 Å². The predicted molar refractivity (Wildman–Crippen MR) is 100 cm³/mol. The smallest absolute Gasteiger partial charge is 0.222 e. The molecule has 1 aromatic heterocycles. The van der Waals surface area contributed by atoms with E-state index in [1.165, 1.54) is 12.0 Å². The number of amides is 1. The summed E-state index contributed by atoms with van der Waals surface area (Å²) in [4.78, 5) is 20.9. The van der Waals surface area contributed by atoms with Gasteiger partial charge in [-0.05, 0) is 42.5 Å². The van der Waals surface area contributed by atoms with Gasteiger partial charge < -0.3 is 4.90 Å². The highest BCUT2D eigenvalue weighted by Gasteiger charge is 2.24. The molecule has 3 rings (SSSR count). The lowest BCUT2D eigenvalue weighted by atomic mass is 10.1. The van der Waals surface area contributed by atoms with Gasteiger partial charge in [-0.3, -0.25) is 14.7 Å². The highest BCUT2D eigenvalue weighted by molar-refractivity contribution is 5.76. The lowest BCUT2D eigenvalue weighted by Gasteiger charge is -2.22. The molecule has 1 fully saturated rings. The first-order valence-corrected chi connectivity index (χ1v) is 9.10. The molecule has 0 radical (unpaired) electrons. The van der Waals surface area contributed by atoms with Gasteiger partial charge in [0.15, 0.2) is 0 Å². The standard InChI is InChI=1S/C21H27N3O/c1-23(21(25)10-9-18-8-5-12-22-14-18)15-20-11-13-24(17-20)16-19-6-3-2-4-7-19/h2-8,12,14,20H,9-11,13,15-17H2,1H3. The summed E-state index contributed by atoms with van der Waals surface area (Å²) in [5.41, 5.74) is 2.49. The Balaban J connectivity index is 1.40. The Kier molecular flexibility index (Phi) is 6.18. The summed E-state index contributed by atoms with van der Waals surface area (Å²) in [5, 5.41) is 0. The van der Waals surface area contributed by atoms with E-state index in [1.54, 1.807) is 6.20 Å². The minimum absolute atomic E-state index is 0.227. The van der Waals surface area contributed by atoms with Crippen molar-refractivity contribution in [1.82, 2.24) is 14.8 Å². The molecule has 0 saturated carbocycles. The van der Waals surface area contributed by atoms with Crippen molar-refractivity contribution in [3.05, 3.63) is 66.0 Å². The van der Waals surface area contributed by atoms with Crippen molar-refractivity contribution in [2.24, 2.45) is 5.92 Å². The maximum Gasteiger partial charge on any atom is 0.222 e. The molecule has 1 aliphatic heterocycles. The van der Waals surface area contributed by atoms with E-state index in [4.69, 9.17) is 0 Å². The van der Waals surface area contributed by atoms with Crippen LogP contribution in [0, 0.1) is 5.92 Å². The zero-order chi connectivity index (χ0) is 17.5. The molecular formula is C21H27N3O. The Labute approximate surface area is 150 Å². The summed E-state index contributed by atoms with van der Waals surface area (Å²) in [6, 6.07) is 14.6. The zero-order valence-corrected chi connectivity index (χ0v) is 15.0. The van der Waals surface area contributed by atoms with Crippen LogP contribution < -0.4 is 0 Å². The number of likely N-dealkylation sites (tertiary alicyclic amines) is 1. The fourth-order valence-electron chi connectivity index (χ4n) is 3.52. The molecule has 0 N–H and O–H groups in total. The van der Waals surface area contributed by atoms with Gasteiger partial charge in [-0.15, -0.1) is 0 Å². The number of pyridine rings is 1. The molecule has 1 aromatic carbocycles. The molecule has 1 amide bonds. The molecule has 0 bridgehead atoms. The molecule has 1 atom stereocenters. The van der Waals surface area contributed by atoms with Crippen molar-refractivity contribution < 1.29 is 4.79 Å². The molecule has 2 aromatic rings. The molecule has 1 unspecified atom stereocenters. The number of hydrogen-bond donors (Lipinski definition) is 0. The third kappa shape index (κ3) is 5.40. The third-order valence-corrected chi connectivity index (χ3v) is 4.93. The van der Waals surface area contributed by atoms with Crippen molar-refractivity contribution >= 4 is 5.91 Å². The van der Waals surface area contributed by atoms with E-state index in [0.717, 1.165) is 38.2 Å². The molecule has 1 aliphatic rings. The van der Waals surface area contributed by atoms with Crippen molar-refractivity contribution in [2.75, 3.05) is 26.7 Å². The average Bonchev–Trinajstić information content (AvgIpc) is 3.08. The fourth-order valence-corrected chi connectivity index (χ4v) is 3.52. The summed E-state index contributed by atoms with van der Waals surface area (Å²) in [5.74, 6) is 0.807. The highest BCUT2D eigenvalue weighted by atomic mass is 16.2. The van der Waals surface area contributed by atoms with Gasteiger partial charge >= 0.3 is 0 Å². The summed E-state index contributed by atoms with van der Waals surface area (Å²) >= 11 is 0. The number of benzene rings is 1. The Morgan fingerprint density at radius 3 is 2.76 bits per heavy atom. The van der Waals surface area contributed by atoms with Gasteiger partial charge in [0.25, 0.3) is 0 Å². The Morgan fingerprint density at radius 1 is 1.20 bits per heavy atom. The van der Waals surface area contributed by atoms with Gasteiger partial charge in [-0.2, -0.15) is 0 Å².